The first kappa shape index (κ1) is 23.9. The van der Waals surface area contributed by atoms with Gasteiger partial charge in [0.05, 0.1) is 23.8 Å². The maximum atomic E-state index is 13.3. The van der Waals surface area contributed by atoms with Crippen LogP contribution in [0, 0.1) is 6.92 Å². The number of rotatable bonds is 6. The number of Topliss-reactive ketones (excluding diaryl/α,β-unsaturated/α-hetero) is 1. The number of hydrogen-bond acceptors (Lipinski definition) is 6. The summed E-state index contributed by atoms with van der Waals surface area (Å²) in [5, 5.41) is 13.4. The first-order chi connectivity index (χ1) is 16.2. The van der Waals surface area contributed by atoms with Crippen LogP contribution in [0.5, 0.6) is 11.5 Å². The lowest BCUT2D eigenvalue weighted by Crippen LogP contribution is -2.29. The number of carbonyl (C=O) groups excluding carboxylic acids is 2. The molecule has 3 aromatic rings. The number of aryl methyl sites for hydroxylation is 1. The predicted molar refractivity (Wildman–Crippen MR) is 134 cm³/mol. The molecule has 1 amide bonds. The van der Waals surface area contributed by atoms with Gasteiger partial charge in [0, 0.05) is 16.1 Å². The molecule has 1 unspecified atom stereocenters. The molecule has 6 nitrogen and oxygen atoms in total. The van der Waals surface area contributed by atoms with Crippen LogP contribution in [0.3, 0.4) is 0 Å². The number of thiophene rings is 1. The first-order valence-electron chi connectivity index (χ1n) is 10.7. The molecular weight excluding hydrogens is 474 g/mol. The van der Waals surface area contributed by atoms with Gasteiger partial charge < -0.3 is 14.6 Å². The second kappa shape index (κ2) is 9.52. The topological polar surface area (TPSA) is 76.1 Å². The highest BCUT2D eigenvalue weighted by atomic mass is 35.5. The number of ketones is 1. The predicted octanol–water partition coefficient (Wildman–Crippen LogP) is 6.13. The summed E-state index contributed by atoms with van der Waals surface area (Å²) in [5.74, 6) is -0.639. The molecule has 1 fully saturated rings. The zero-order chi connectivity index (χ0) is 24.6. The maximum absolute atomic E-state index is 13.3. The Kier molecular flexibility index (Phi) is 6.68. The molecule has 2 aromatic carbocycles. The van der Waals surface area contributed by atoms with E-state index in [1.165, 1.54) is 23.3 Å². The van der Waals surface area contributed by atoms with Crippen molar-refractivity contribution in [1.82, 2.24) is 0 Å². The molecule has 0 radical (unpaired) electrons. The number of anilines is 1. The number of hydrogen-bond donors (Lipinski definition) is 1. The van der Waals surface area contributed by atoms with Gasteiger partial charge in [-0.2, -0.15) is 0 Å². The molecule has 1 saturated heterocycles. The first-order valence-corrected chi connectivity index (χ1v) is 11.9. The summed E-state index contributed by atoms with van der Waals surface area (Å²) >= 11 is 7.74. The average molecular weight is 498 g/mol. The molecule has 0 bridgehead atoms. The van der Waals surface area contributed by atoms with E-state index in [1.807, 2.05) is 32.2 Å². The van der Waals surface area contributed by atoms with Gasteiger partial charge in [0.15, 0.2) is 0 Å². The molecule has 34 heavy (non-hydrogen) atoms. The summed E-state index contributed by atoms with van der Waals surface area (Å²) in [7, 11) is 1.50. The van der Waals surface area contributed by atoms with Crippen LogP contribution in [-0.2, 0) is 9.59 Å². The third kappa shape index (κ3) is 4.29. The Morgan fingerprint density at radius 3 is 2.38 bits per heavy atom. The lowest BCUT2D eigenvalue weighted by Gasteiger charge is -2.25. The van der Waals surface area contributed by atoms with Crippen molar-refractivity contribution in [3.63, 3.8) is 0 Å². The van der Waals surface area contributed by atoms with Crippen molar-refractivity contribution in [2.24, 2.45) is 0 Å². The molecule has 0 saturated carbocycles. The van der Waals surface area contributed by atoms with E-state index in [4.69, 9.17) is 21.1 Å². The minimum absolute atomic E-state index is 0.00268. The lowest BCUT2D eigenvalue weighted by molar-refractivity contribution is -0.132. The molecule has 0 spiro atoms. The Bertz CT molecular complexity index is 1280. The number of ether oxygens (including phenoxy) is 2. The SMILES string of the molecule is COc1ccc(N2C(=O)C(=O)/C(=C(\O)c3ccc(OC(C)C)cc3)C2c2sccc2C)cc1Cl. The number of aliphatic hydroxyl groups is 1. The van der Waals surface area contributed by atoms with Crippen molar-refractivity contribution in [2.45, 2.75) is 32.9 Å². The minimum Gasteiger partial charge on any atom is -0.507 e. The number of aliphatic hydroxyl groups excluding tert-OH is 1. The second-order valence-electron chi connectivity index (χ2n) is 8.15. The summed E-state index contributed by atoms with van der Waals surface area (Å²) in [5.41, 5.74) is 1.79. The van der Waals surface area contributed by atoms with Crippen molar-refractivity contribution in [3.8, 4) is 11.5 Å². The standard InChI is InChI=1S/C26H24ClNO5S/c1-14(2)33-18-8-5-16(6-9-18)23(29)21-22(25-15(3)11-12-34-25)28(26(31)24(21)30)17-7-10-20(32-4)19(27)13-17/h5-14,22,29H,1-4H3/b23-21-. The molecule has 0 aliphatic carbocycles. The molecule has 1 N–H and O–H groups in total. The molecule has 1 aliphatic rings. The number of halogens is 1. The highest BCUT2D eigenvalue weighted by Crippen LogP contribution is 2.45. The molecule has 1 atom stereocenters. The van der Waals surface area contributed by atoms with Gasteiger partial charge in [-0.3, -0.25) is 14.5 Å². The number of nitrogens with zero attached hydrogens (tertiary/aromatic N) is 1. The Balaban J connectivity index is 1.86. The molecular formula is C26H24ClNO5S. The van der Waals surface area contributed by atoms with Crippen LogP contribution >= 0.6 is 22.9 Å². The van der Waals surface area contributed by atoms with Gasteiger partial charge in [0.25, 0.3) is 11.7 Å². The lowest BCUT2D eigenvalue weighted by atomic mass is 9.98. The highest BCUT2D eigenvalue weighted by Gasteiger charge is 2.48. The van der Waals surface area contributed by atoms with Crippen molar-refractivity contribution in [1.29, 1.82) is 0 Å². The van der Waals surface area contributed by atoms with Crippen molar-refractivity contribution in [3.05, 3.63) is 80.5 Å². The Morgan fingerprint density at radius 2 is 1.82 bits per heavy atom. The van der Waals surface area contributed by atoms with E-state index in [0.29, 0.717) is 27.8 Å². The monoisotopic (exact) mass is 497 g/mol. The Labute approximate surface area is 207 Å². The van der Waals surface area contributed by atoms with Crippen LogP contribution in [0.4, 0.5) is 5.69 Å². The largest absolute Gasteiger partial charge is 0.507 e. The van der Waals surface area contributed by atoms with Crippen LogP contribution in [0.25, 0.3) is 5.76 Å². The normalized spacial score (nSPS) is 17.5. The summed E-state index contributed by atoms with van der Waals surface area (Å²) < 4.78 is 10.9. The van der Waals surface area contributed by atoms with Gasteiger partial charge in [0.2, 0.25) is 0 Å². The van der Waals surface area contributed by atoms with Crippen LogP contribution in [-0.4, -0.2) is 30.0 Å². The van der Waals surface area contributed by atoms with E-state index in [-0.39, 0.29) is 17.4 Å². The van der Waals surface area contributed by atoms with Crippen molar-refractivity contribution < 1.29 is 24.2 Å². The Morgan fingerprint density at radius 1 is 1.12 bits per heavy atom. The van der Waals surface area contributed by atoms with Crippen LogP contribution in [0.1, 0.15) is 35.9 Å². The van der Waals surface area contributed by atoms with Crippen LogP contribution < -0.4 is 14.4 Å². The summed E-state index contributed by atoms with van der Waals surface area (Å²) in [6, 6.07) is 12.8. The molecule has 8 heteroatoms. The quantitative estimate of drug-likeness (QED) is 0.252. The van der Waals surface area contributed by atoms with E-state index in [9.17, 15) is 14.7 Å². The van der Waals surface area contributed by atoms with E-state index in [0.717, 1.165) is 10.4 Å². The maximum Gasteiger partial charge on any atom is 0.300 e. The smallest absolute Gasteiger partial charge is 0.300 e. The fourth-order valence-electron chi connectivity index (χ4n) is 3.94. The summed E-state index contributed by atoms with van der Waals surface area (Å²) in [6.07, 6.45) is 0.00268. The minimum atomic E-state index is -0.795. The zero-order valence-electron chi connectivity index (χ0n) is 19.2. The average Bonchev–Trinajstić information content (AvgIpc) is 3.33. The van der Waals surface area contributed by atoms with E-state index >= 15 is 0 Å². The van der Waals surface area contributed by atoms with Crippen LogP contribution in [0.2, 0.25) is 5.02 Å². The van der Waals surface area contributed by atoms with Gasteiger partial charge >= 0.3 is 0 Å². The van der Waals surface area contributed by atoms with Gasteiger partial charge in [-0.25, -0.2) is 0 Å². The van der Waals surface area contributed by atoms with Crippen molar-refractivity contribution >= 4 is 46.1 Å². The third-order valence-corrected chi connectivity index (χ3v) is 6.87. The number of methoxy groups -OCH3 is 1. The van der Waals surface area contributed by atoms with Gasteiger partial charge in [-0.15, -0.1) is 11.3 Å². The number of carbonyl (C=O) groups is 2. The highest BCUT2D eigenvalue weighted by molar-refractivity contribution is 7.10. The molecule has 2 heterocycles. The second-order valence-corrected chi connectivity index (χ2v) is 9.50. The van der Waals surface area contributed by atoms with Crippen LogP contribution in [0.15, 0.2) is 59.5 Å². The van der Waals surface area contributed by atoms with Gasteiger partial charge in [0.1, 0.15) is 23.3 Å². The van der Waals surface area contributed by atoms with E-state index in [2.05, 4.69) is 0 Å². The third-order valence-electron chi connectivity index (χ3n) is 5.51. The van der Waals surface area contributed by atoms with Crippen molar-refractivity contribution in [2.75, 3.05) is 12.0 Å². The number of amides is 1. The zero-order valence-corrected chi connectivity index (χ0v) is 20.7. The Hall–Kier alpha value is -3.29. The molecule has 4 rings (SSSR count). The van der Waals surface area contributed by atoms with Gasteiger partial charge in [-0.1, -0.05) is 11.6 Å². The van der Waals surface area contributed by atoms with E-state index < -0.39 is 17.7 Å². The fourth-order valence-corrected chi connectivity index (χ4v) is 5.21. The fraction of sp³-hybridized carbons (Fsp3) is 0.231. The summed E-state index contributed by atoms with van der Waals surface area (Å²) in [6.45, 7) is 5.75. The van der Waals surface area contributed by atoms with E-state index in [1.54, 1.807) is 42.5 Å². The molecule has 1 aliphatic heterocycles. The summed E-state index contributed by atoms with van der Waals surface area (Å²) in [4.78, 5) is 28.7. The van der Waals surface area contributed by atoms with Gasteiger partial charge in [-0.05, 0) is 80.2 Å². The molecule has 176 valence electrons. The number of benzene rings is 2. The molecule has 1 aromatic heterocycles.